The Bertz CT molecular complexity index is 1300. The third kappa shape index (κ3) is 8.10. The Morgan fingerprint density at radius 3 is 0.714 bits per heavy atom. The second kappa shape index (κ2) is 14.6. The molecule has 0 spiro atoms. The fraction of sp³-hybridized carbons (Fsp3) is 0.909. The highest BCUT2D eigenvalue weighted by Crippen LogP contribution is 2.64. The Morgan fingerprint density at radius 2 is 0.518 bits per heavy atom. The van der Waals surface area contributed by atoms with Gasteiger partial charge < -0.3 is 9.47 Å². The minimum atomic E-state index is -8.73. The Kier molecular flexibility index (Phi) is 13.8. The van der Waals surface area contributed by atoms with Crippen LogP contribution in [0.4, 0.5) is 132 Å². The van der Waals surface area contributed by atoms with E-state index in [1.165, 1.54) is 0 Å². The fourth-order valence-electron chi connectivity index (χ4n) is 3.28. The molecule has 0 fully saturated rings. The molecule has 0 radical (unpaired) electrons. The van der Waals surface area contributed by atoms with Crippen LogP contribution in [0, 0.1) is 5.92 Å². The van der Waals surface area contributed by atoms with Gasteiger partial charge >= 0.3 is 95.4 Å². The standard InChI is InChI=1S/C22H12F30O4/c1-6(2-7(53)55-4-9(23,24)11(27,28)13(31,32)15(35,36)17(39,40)19(43,44)21(47,48)49)3-8(54)56-5-10(25,26)12(29,30)14(33,34)16(37,38)18(41,42)20(45,46)22(50,51)52/h6H,2-5H2,1H3. The van der Waals surface area contributed by atoms with Crippen molar-refractivity contribution in [3.8, 4) is 0 Å². The van der Waals surface area contributed by atoms with Crippen LogP contribution in [0.1, 0.15) is 19.8 Å². The smallest absolute Gasteiger partial charge is 0.459 e. The molecule has 0 aromatic rings. The average molecular weight is 910 g/mol. The fourth-order valence-corrected chi connectivity index (χ4v) is 3.28. The summed E-state index contributed by atoms with van der Waals surface area (Å²) in [6.45, 7) is -7.08. The summed E-state index contributed by atoms with van der Waals surface area (Å²) in [6, 6.07) is 0. The SMILES string of the molecule is CC(CC(=O)OCC(F)(F)C(F)(F)C(F)(F)C(F)(F)C(F)(F)C(F)(F)C(F)(F)F)CC(=O)OCC(F)(F)C(F)(F)C(F)(F)C(F)(F)C(F)(F)C(F)(F)C(F)(F)F. The third-order valence-corrected chi connectivity index (χ3v) is 6.64. The molecule has 0 aliphatic carbocycles. The van der Waals surface area contributed by atoms with Crippen LogP contribution in [0.2, 0.25) is 0 Å². The van der Waals surface area contributed by atoms with Gasteiger partial charge in [-0.15, -0.1) is 0 Å². The topological polar surface area (TPSA) is 52.6 Å². The predicted molar refractivity (Wildman–Crippen MR) is 112 cm³/mol. The molecule has 4 nitrogen and oxygen atoms in total. The lowest BCUT2D eigenvalue weighted by Crippen LogP contribution is -2.73. The van der Waals surface area contributed by atoms with Crippen molar-refractivity contribution in [2.75, 3.05) is 13.2 Å². The first-order valence-electron chi connectivity index (χ1n) is 12.9. The Hall–Kier alpha value is -3.16. The first-order chi connectivity index (χ1) is 23.9. The maximum Gasteiger partial charge on any atom is 0.460 e. The van der Waals surface area contributed by atoms with Gasteiger partial charge in [0, 0.05) is 12.8 Å². The lowest BCUT2D eigenvalue weighted by Gasteiger charge is -2.41. The van der Waals surface area contributed by atoms with Crippen LogP contribution in [0.5, 0.6) is 0 Å². The van der Waals surface area contributed by atoms with Gasteiger partial charge in [0.1, 0.15) is 0 Å². The molecule has 0 saturated heterocycles. The number of ether oxygens (including phenoxy) is 2. The van der Waals surface area contributed by atoms with Crippen LogP contribution >= 0.6 is 0 Å². The Balaban J connectivity index is 5.87. The molecule has 0 saturated carbocycles. The van der Waals surface area contributed by atoms with E-state index < -0.39 is 127 Å². The van der Waals surface area contributed by atoms with E-state index in [1.807, 2.05) is 0 Å². The van der Waals surface area contributed by atoms with Crippen molar-refractivity contribution in [2.24, 2.45) is 5.92 Å². The highest BCUT2D eigenvalue weighted by atomic mass is 19.4. The molecule has 56 heavy (non-hydrogen) atoms. The Morgan fingerprint density at radius 1 is 0.339 bits per heavy atom. The van der Waals surface area contributed by atoms with E-state index in [2.05, 4.69) is 9.47 Å². The molecular weight excluding hydrogens is 898 g/mol. The quantitative estimate of drug-likeness (QED) is 0.102. The van der Waals surface area contributed by atoms with Gasteiger partial charge in [-0.3, -0.25) is 9.59 Å². The third-order valence-electron chi connectivity index (χ3n) is 6.64. The minimum absolute atomic E-state index is 0.344. The molecule has 0 aromatic heterocycles. The van der Waals surface area contributed by atoms with Gasteiger partial charge in [0.15, 0.2) is 13.2 Å². The van der Waals surface area contributed by atoms with Gasteiger partial charge in [0.05, 0.1) is 0 Å². The summed E-state index contributed by atoms with van der Waals surface area (Å²) in [5.74, 6) is -107. The molecule has 0 atom stereocenters. The molecule has 34 heteroatoms. The maximum atomic E-state index is 13.8. The number of hydrogen-bond acceptors (Lipinski definition) is 4. The van der Waals surface area contributed by atoms with Gasteiger partial charge in [-0.1, -0.05) is 6.92 Å². The second-order valence-electron chi connectivity index (χ2n) is 11.0. The summed E-state index contributed by atoms with van der Waals surface area (Å²) >= 11 is 0. The van der Waals surface area contributed by atoms with E-state index >= 15 is 0 Å². The molecule has 0 unspecified atom stereocenters. The van der Waals surface area contributed by atoms with Crippen LogP contribution in [-0.4, -0.2) is 109 Å². The van der Waals surface area contributed by atoms with Gasteiger partial charge in [0.2, 0.25) is 0 Å². The number of rotatable bonds is 18. The zero-order valence-corrected chi connectivity index (χ0v) is 25.4. The molecule has 0 N–H and O–H groups in total. The summed E-state index contributed by atoms with van der Waals surface area (Å²) in [6.07, 6.45) is -19.6. The number of alkyl halides is 30. The lowest BCUT2D eigenvalue weighted by atomic mass is 9.91. The van der Waals surface area contributed by atoms with Gasteiger partial charge in [-0.2, -0.15) is 132 Å². The van der Waals surface area contributed by atoms with E-state index in [-0.39, 0.29) is 0 Å². The molecular formula is C22H12F30O4. The van der Waals surface area contributed by atoms with Crippen molar-refractivity contribution in [3.05, 3.63) is 0 Å². The zero-order chi connectivity index (χ0) is 46.0. The monoisotopic (exact) mass is 910 g/mol. The largest absolute Gasteiger partial charge is 0.460 e. The van der Waals surface area contributed by atoms with E-state index in [1.54, 1.807) is 0 Å². The molecule has 0 aliphatic heterocycles. The Labute approximate surface area is 286 Å². The predicted octanol–water partition coefficient (Wildman–Crippen LogP) is 10.2. The summed E-state index contributed by atoms with van der Waals surface area (Å²) in [5, 5.41) is 0. The second-order valence-corrected chi connectivity index (χ2v) is 11.0. The summed E-state index contributed by atoms with van der Waals surface area (Å²) in [7, 11) is 0. The zero-order valence-electron chi connectivity index (χ0n) is 25.4. The maximum absolute atomic E-state index is 13.8. The van der Waals surface area contributed by atoms with Crippen LogP contribution in [0.25, 0.3) is 0 Å². The van der Waals surface area contributed by atoms with Crippen molar-refractivity contribution in [3.63, 3.8) is 0 Å². The van der Waals surface area contributed by atoms with Crippen LogP contribution in [0.3, 0.4) is 0 Å². The summed E-state index contributed by atoms with van der Waals surface area (Å²) < 4.78 is 401. The van der Waals surface area contributed by atoms with E-state index in [0.29, 0.717) is 6.92 Å². The number of esters is 2. The number of hydrogen-bond donors (Lipinski definition) is 0. The summed E-state index contributed by atoms with van der Waals surface area (Å²) in [5.41, 5.74) is 0. The number of carbonyl (C=O) groups excluding carboxylic acids is 2. The van der Waals surface area contributed by atoms with Crippen LogP contribution in [0.15, 0.2) is 0 Å². The van der Waals surface area contributed by atoms with E-state index in [9.17, 15) is 141 Å². The van der Waals surface area contributed by atoms with E-state index in [0.717, 1.165) is 0 Å². The normalized spacial score (nSPS) is 16.0. The van der Waals surface area contributed by atoms with Crippen molar-refractivity contribution >= 4 is 11.9 Å². The number of halogens is 30. The lowest BCUT2D eigenvalue weighted by molar-refractivity contribution is -0.453. The van der Waals surface area contributed by atoms with Gasteiger partial charge in [0.25, 0.3) is 0 Å². The highest BCUT2D eigenvalue weighted by Gasteiger charge is 2.95. The molecule has 334 valence electrons. The molecule has 0 aliphatic rings. The van der Waals surface area contributed by atoms with Crippen LogP contribution in [-0.2, 0) is 19.1 Å². The molecule has 0 amide bonds. The van der Waals surface area contributed by atoms with Gasteiger partial charge in [-0.25, -0.2) is 0 Å². The minimum Gasteiger partial charge on any atom is -0.459 e. The van der Waals surface area contributed by atoms with Gasteiger partial charge in [-0.05, 0) is 5.92 Å². The van der Waals surface area contributed by atoms with Crippen molar-refractivity contribution in [1.29, 1.82) is 0 Å². The van der Waals surface area contributed by atoms with Crippen molar-refractivity contribution in [2.45, 2.75) is 103 Å². The molecule has 0 bridgehead atoms. The van der Waals surface area contributed by atoms with Crippen molar-refractivity contribution < 1.29 is 151 Å². The molecule has 0 heterocycles. The highest BCUT2D eigenvalue weighted by molar-refractivity contribution is 5.73. The first-order valence-corrected chi connectivity index (χ1v) is 12.9. The summed E-state index contributed by atoms with van der Waals surface area (Å²) in [4.78, 5) is 23.1. The average Bonchev–Trinajstić information content (AvgIpc) is 2.96. The number of carbonyl (C=O) groups is 2. The first kappa shape index (κ1) is 52.8. The van der Waals surface area contributed by atoms with Crippen molar-refractivity contribution in [1.82, 2.24) is 0 Å². The van der Waals surface area contributed by atoms with Crippen LogP contribution < -0.4 is 0 Å². The van der Waals surface area contributed by atoms with E-state index in [4.69, 9.17) is 0 Å². The molecule has 0 aromatic carbocycles. The molecule has 0 rings (SSSR count).